The van der Waals surface area contributed by atoms with Crippen molar-refractivity contribution in [1.82, 2.24) is 4.57 Å². The van der Waals surface area contributed by atoms with E-state index in [-0.39, 0.29) is 6.42 Å². The molecule has 0 atom stereocenters. The highest BCUT2D eigenvalue weighted by Crippen LogP contribution is 2.21. The number of carboxylic acid groups (broad SMARTS) is 1. The molecular weight excluding hydrogens is 256 g/mol. The fraction of sp³-hybridized carbons (Fsp3) is 0.333. The van der Waals surface area contributed by atoms with Crippen LogP contribution >= 0.6 is 0 Å². The highest BCUT2D eigenvalue weighted by molar-refractivity contribution is 6.06. The number of aryl methyl sites for hydroxylation is 1. The Morgan fingerprint density at radius 1 is 1.15 bits per heavy atom. The van der Waals surface area contributed by atoms with E-state index in [0.717, 1.165) is 30.3 Å². The van der Waals surface area contributed by atoms with E-state index in [1.54, 1.807) is 6.20 Å². The van der Waals surface area contributed by atoms with Crippen LogP contribution in [-0.4, -0.2) is 21.6 Å². The standard InChI is InChI=1S/C15H18N2O3/c16-15(20)12-10-17(9-5-1-2-8-14(18)19)13-7-4-3-6-11(12)13/h3-4,6-7,10H,1-2,5,8-9H2,(H2,16,20)(H,18,19). The van der Waals surface area contributed by atoms with Gasteiger partial charge in [-0.05, 0) is 18.9 Å². The van der Waals surface area contributed by atoms with E-state index in [2.05, 4.69) is 0 Å². The second-order valence-corrected chi connectivity index (χ2v) is 4.82. The van der Waals surface area contributed by atoms with Gasteiger partial charge in [-0.3, -0.25) is 9.59 Å². The minimum Gasteiger partial charge on any atom is -0.481 e. The van der Waals surface area contributed by atoms with Crippen molar-refractivity contribution in [1.29, 1.82) is 0 Å². The predicted octanol–water partition coefficient (Wildman–Crippen LogP) is 2.39. The summed E-state index contributed by atoms with van der Waals surface area (Å²) in [5.41, 5.74) is 6.90. The van der Waals surface area contributed by atoms with Crippen molar-refractivity contribution < 1.29 is 14.7 Å². The summed E-state index contributed by atoms with van der Waals surface area (Å²) in [6.45, 7) is 0.757. The number of aromatic nitrogens is 1. The maximum atomic E-state index is 11.4. The highest BCUT2D eigenvalue weighted by atomic mass is 16.4. The molecule has 0 radical (unpaired) electrons. The van der Waals surface area contributed by atoms with Crippen molar-refractivity contribution in [3.63, 3.8) is 0 Å². The van der Waals surface area contributed by atoms with E-state index in [9.17, 15) is 9.59 Å². The van der Waals surface area contributed by atoms with E-state index >= 15 is 0 Å². The quantitative estimate of drug-likeness (QED) is 0.760. The second kappa shape index (κ2) is 6.23. The minimum absolute atomic E-state index is 0.207. The van der Waals surface area contributed by atoms with Gasteiger partial charge in [0.1, 0.15) is 0 Å². The number of amides is 1. The number of carboxylic acids is 1. The fourth-order valence-corrected chi connectivity index (χ4v) is 2.36. The Hall–Kier alpha value is -2.30. The van der Waals surface area contributed by atoms with Crippen LogP contribution in [0.5, 0.6) is 0 Å². The van der Waals surface area contributed by atoms with Gasteiger partial charge in [0.25, 0.3) is 5.91 Å². The van der Waals surface area contributed by atoms with Gasteiger partial charge in [-0.25, -0.2) is 0 Å². The van der Waals surface area contributed by atoms with Crippen LogP contribution in [0.2, 0.25) is 0 Å². The number of nitrogens with zero attached hydrogens (tertiary/aromatic N) is 1. The molecule has 0 aliphatic heterocycles. The number of hydrogen-bond donors (Lipinski definition) is 2. The molecule has 1 heterocycles. The SMILES string of the molecule is NC(=O)c1cn(CCCCCC(=O)O)c2ccccc12. The number of rotatable bonds is 7. The van der Waals surface area contributed by atoms with Gasteiger partial charge in [0.15, 0.2) is 0 Å². The van der Waals surface area contributed by atoms with E-state index in [1.807, 2.05) is 28.8 Å². The Kier molecular flexibility index (Phi) is 4.40. The van der Waals surface area contributed by atoms with E-state index in [4.69, 9.17) is 10.8 Å². The first-order chi connectivity index (χ1) is 9.59. The molecule has 0 saturated carbocycles. The minimum atomic E-state index is -0.757. The maximum Gasteiger partial charge on any atom is 0.303 e. The van der Waals surface area contributed by atoms with Crippen LogP contribution in [0.3, 0.4) is 0 Å². The molecule has 106 valence electrons. The van der Waals surface area contributed by atoms with Gasteiger partial charge in [-0.2, -0.15) is 0 Å². The lowest BCUT2D eigenvalue weighted by Gasteiger charge is -2.04. The molecule has 0 unspecified atom stereocenters. The Balaban J connectivity index is 2.06. The van der Waals surface area contributed by atoms with Gasteiger partial charge in [0.2, 0.25) is 0 Å². The monoisotopic (exact) mass is 274 g/mol. The molecule has 3 N–H and O–H groups in total. The number of nitrogens with two attached hydrogens (primary N) is 1. The smallest absolute Gasteiger partial charge is 0.303 e. The number of unbranched alkanes of at least 4 members (excludes halogenated alkanes) is 2. The van der Waals surface area contributed by atoms with Crippen LogP contribution in [0.4, 0.5) is 0 Å². The number of carbonyl (C=O) groups is 2. The molecule has 5 heteroatoms. The topological polar surface area (TPSA) is 85.3 Å². The Labute approximate surface area is 117 Å². The van der Waals surface area contributed by atoms with Crippen LogP contribution in [0.25, 0.3) is 10.9 Å². The van der Waals surface area contributed by atoms with Crippen LogP contribution in [0, 0.1) is 0 Å². The number of carbonyl (C=O) groups excluding carboxylic acids is 1. The summed E-state index contributed by atoms with van der Waals surface area (Å²) < 4.78 is 2.01. The largest absolute Gasteiger partial charge is 0.481 e. The molecule has 2 rings (SSSR count). The van der Waals surface area contributed by atoms with Crippen molar-refractivity contribution in [3.05, 3.63) is 36.0 Å². The zero-order chi connectivity index (χ0) is 14.5. The Morgan fingerprint density at radius 3 is 2.60 bits per heavy atom. The zero-order valence-corrected chi connectivity index (χ0v) is 11.2. The van der Waals surface area contributed by atoms with Gasteiger partial charge in [-0.1, -0.05) is 24.6 Å². The molecule has 0 aliphatic rings. The first kappa shape index (κ1) is 14.1. The Bertz CT molecular complexity index is 631. The number of primary amides is 1. The number of fused-ring (bicyclic) bond motifs is 1. The van der Waals surface area contributed by atoms with Gasteiger partial charge in [-0.15, -0.1) is 0 Å². The number of para-hydroxylation sites is 1. The summed E-state index contributed by atoms with van der Waals surface area (Å²) in [4.78, 5) is 21.9. The highest BCUT2D eigenvalue weighted by Gasteiger charge is 2.11. The molecule has 5 nitrogen and oxygen atoms in total. The number of hydrogen-bond acceptors (Lipinski definition) is 2. The molecule has 0 aliphatic carbocycles. The molecule has 20 heavy (non-hydrogen) atoms. The van der Waals surface area contributed by atoms with Crippen LogP contribution in [0.15, 0.2) is 30.5 Å². The third-order valence-electron chi connectivity index (χ3n) is 3.34. The lowest BCUT2D eigenvalue weighted by Crippen LogP contribution is -2.10. The number of aliphatic carboxylic acids is 1. The van der Waals surface area contributed by atoms with Crippen molar-refractivity contribution in [2.24, 2.45) is 5.73 Å². The van der Waals surface area contributed by atoms with Crippen LogP contribution in [0.1, 0.15) is 36.0 Å². The third kappa shape index (κ3) is 3.17. The summed E-state index contributed by atoms with van der Waals surface area (Å²) in [6.07, 6.45) is 4.40. The summed E-state index contributed by atoms with van der Waals surface area (Å²) in [5, 5.41) is 9.45. The predicted molar refractivity (Wildman–Crippen MR) is 76.6 cm³/mol. The maximum absolute atomic E-state index is 11.4. The van der Waals surface area contributed by atoms with E-state index < -0.39 is 11.9 Å². The van der Waals surface area contributed by atoms with E-state index in [0.29, 0.717) is 12.0 Å². The molecule has 1 aromatic carbocycles. The average Bonchev–Trinajstić information content (AvgIpc) is 2.77. The molecule has 0 fully saturated rings. The molecule has 2 aromatic rings. The van der Waals surface area contributed by atoms with Crippen molar-refractivity contribution in [2.75, 3.05) is 0 Å². The third-order valence-corrected chi connectivity index (χ3v) is 3.34. The fourth-order valence-electron chi connectivity index (χ4n) is 2.36. The summed E-state index contributed by atoms with van der Waals surface area (Å²) in [6, 6.07) is 7.65. The summed E-state index contributed by atoms with van der Waals surface area (Å²) >= 11 is 0. The van der Waals surface area contributed by atoms with Gasteiger partial charge in [0, 0.05) is 30.1 Å². The van der Waals surface area contributed by atoms with Crippen molar-refractivity contribution >= 4 is 22.8 Å². The second-order valence-electron chi connectivity index (χ2n) is 4.82. The lowest BCUT2D eigenvalue weighted by atomic mass is 10.2. The molecule has 1 amide bonds. The first-order valence-corrected chi connectivity index (χ1v) is 6.69. The lowest BCUT2D eigenvalue weighted by molar-refractivity contribution is -0.137. The molecular formula is C15H18N2O3. The van der Waals surface area contributed by atoms with Crippen LogP contribution in [-0.2, 0) is 11.3 Å². The Morgan fingerprint density at radius 2 is 1.90 bits per heavy atom. The summed E-state index contributed by atoms with van der Waals surface area (Å²) in [7, 11) is 0. The number of benzene rings is 1. The normalized spacial score (nSPS) is 10.8. The van der Waals surface area contributed by atoms with Crippen LogP contribution < -0.4 is 5.73 Å². The average molecular weight is 274 g/mol. The van der Waals surface area contributed by atoms with Gasteiger partial charge >= 0.3 is 5.97 Å². The molecule has 1 aromatic heterocycles. The van der Waals surface area contributed by atoms with Gasteiger partial charge < -0.3 is 15.4 Å². The molecule has 0 spiro atoms. The summed E-state index contributed by atoms with van der Waals surface area (Å²) in [5.74, 6) is -1.18. The van der Waals surface area contributed by atoms with Crippen molar-refractivity contribution in [3.8, 4) is 0 Å². The van der Waals surface area contributed by atoms with Gasteiger partial charge in [0.05, 0.1) is 5.56 Å². The molecule has 0 saturated heterocycles. The van der Waals surface area contributed by atoms with Crippen molar-refractivity contribution in [2.45, 2.75) is 32.2 Å². The van der Waals surface area contributed by atoms with E-state index in [1.165, 1.54) is 0 Å². The molecule has 0 bridgehead atoms. The zero-order valence-electron chi connectivity index (χ0n) is 11.2. The first-order valence-electron chi connectivity index (χ1n) is 6.69.